The molecule has 24 heavy (non-hydrogen) atoms. The van der Waals surface area contributed by atoms with Gasteiger partial charge in [-0.05, 0) is 39.2 Å². The number of aromatic nitrogens is 2. The van der Waals surface area contributed by atoms with Crippen LogP contribution in [0.25, 0.3) is 0 Å². The van der Waals surface area contributed by atoms with Crippen molar-refractivity contribution in [3.63, 3.8) is 0 Å². The Morgan fingerprint density at radius 1 is 1.25 bits per heavy atom. The molecule has 0 spiro atoms. The minimum atomic E-state index is -0.362. The van der Waals surface area contributed by atoms with Gasteiger partial charge in [0.1, 0.15) is 5.82 Å². The minimum Gasteiger partial charge on any atom is -0.462 e. The van der Waals surface area contributed by atoms with Gasteiger partial charge >= 0.3 is 5.97 Å². The molecule has 0 fully saturated rings. The monoisotopic (exact) mass is 329 g/mol. The fourth-order valence-electron chi connectivity index (χ4n) is 2.02. The van der Waals surface area contributed by atoms with Crippen LogP contribution in [0.15, 0.2) is 36.5 Å². The Labute approximate surface area is 142 Å². The Balaban J connectivity index is 2.10. The molecule has 0 amide bonds. The SMILES string of the molecule is CCOC(=O)c1ccccc1Nc1ccnc(NCCN(C)C)n1. The molecule has 0 saturated heterocycles. The second-order valence-electron chi connectivity index (χ2n) is 5.39. The molecule has 2 N–H and O–H groups in total. The first-order valence-corrected chi connectivity index (χ1v) is 7.85. The molecular weight excluding hydrogens is 306 g/mol. The number of ether oxygens (including phenoxy) is 1. The lowest BCUT2D eigenvalue weighted by atomic mass is 10.2. The quantitative estimate of drug-likeness (QED) is 0.720. The zero-order valence-electron chi connectivity index (χ0n) is 14.2. The van der Waals surface area contributed by atoms with Gasteiger partial charge < -0.3 is 20.3 Å². The number of likely N-dealkylation sites (N-methyl/N-ethyl adjacent to an activating group) is 1. The van der Waals surface area contributed by atoms with E-state index in [2.05, 4.69) is 25.5 Å². The summed E-state index contributed by atoms with van der Waals surface area (Å²) in [5.74, 6) is 0.781. The van der Waals surface area contributed by atoms with Crippen molar-refractivity contribution in [1.29, 1.82) is 0 Å². The summed E-state index contributed by atoms with van der Waals surface area (Å²) in [5.41, 5.74) is 1.12. The first kappa shape index (κ1) is 17.7. The van der Waals surface area contributed by atoms with Crippen molar-refractivity contribution in [2.45, 2.75) is 6.92 Å². The number of esters is 1. The minimum absolute atomic E-state index is 0.334. The lowest BCUT2D eigenvalue weighted by Gasteiger charge is -2.12. The predicted molar refractivity (Wildman–Crippen MR) is 94.8 cm³/mol. The zero-order chi connectivity index (χ0) is 17.4. The first-order chi connectivity index (χ1) is 11.6. The summed E-state index contributed by atoms with van der Waals surface area (Å²) in [6.07, 6.45) is 1.67. The van der Waals surface area contributed by atoms with Gasteiger partial charge in [-0.2, -0.15) is 4.98 Å². The number of nitrogens with zero attached hydrogens (tertiary/aromatic N) is 3. The Bertz CT molecular complexity index is 676. The molecule has 0 bridgehead atoms. The van der Waals surface area contributed by atoms with Gasteiger partial charge in [0.2, 0.25) is 5.95 Å². The van der Waals surface area contributed by atoms with Crippen molar-refractivity contribution in [2.75, 3.05) is 44.4 Å². The van der Waals surface area contributed by atoms with Crippen LogP contribution in [0.5, 0.6) is 0 Å². The number of carbonyl (C=O) groups excluding carboxylic acids is 1. The van der Waals surface area contributed by atoms with E-state index in [1.807, 2.05) is 26.2 Å². The molecule has 7 heteroatoms. The van der Waals surface area contributed by atoms with E-state index in [0.29, 0.717) is 29.6 Å². The summed E-state index contributed by atoms with van der Waals surface area (Å²) in [6, 6.07) is 8.93. The summed E-state index contributed by atoms with van der Waals surface area (Å²) in [5, 5.41) is 6.31. The molecule has 2 aromatic rings. The maximum Gasteiger partial charge on any atom is 0.340 e. The summed E-state index contributed by atoms with van der Waals surface area (Å²) >= 11 is 0. The zero-order valence-corrected chi connectivity index (χ0v) is 14.2. The van der Waals surface area contributed by atoms with Crippen LogP contribution in [0.3, 0.4) is 0 Å². The smallest absolute Gasteiger partial charge is 0.340 e. The highest BCUT2D eigenvalue weighted by Gasteiger charge is 2.12. The van der Waals surface area contributed by atoms with Crippen LogP contribution in [0.1, 0.15) is 17.3 Å². The molecular formula is C17H23N5O2. The van der Waals surface area contributed by atoms with Crippen LogP contribution >= 0.6 is 0 Å². The molecule has 1 heterocycles. The van der Waals surface area contributed by atoms with E-state index in [9.17, 15) is 4.79 Å². The topological polar surface area (TPSA) is 79.4 Å². The van der Waals surface area contributed by atoms with E-state index in [1.165, 1.54) is 0 Å². The number of carbonyl (C=O) groups is 1. The number of rotatable bonds is 8. The fourth-order valence-corrected chi connectivity index (χ4v) is 2.02. The summed E-state index contributed by atoms with van der Waals surface area (Å²) in [4.78, 5) is 22.7. The van der Waals surface area contributed by atoms with Gasteiger partial charge in [0.05, 0.1) is 17.9 Å². The van der Waals surface area contributed by atoms with Crippen LogP contribution < -0.4 is 10.6 Å². The molecule has 1 aromatic carbocycles. The normalized spacial score (nSPS) is 10.5. The van der Waals surface area contributed by atoms with Gasteiger partial charge in [-0.3, -0.25) is 0 Å². The number of hydrogen-bond acceptors (Lipinski definition) is 7. The molecule has 0 aliphatic carbocycles. The summed E-state index contributed by atoms with van der Waals surface area (Å²) in [7, 11) is 4.01. The summed E-state index contributed by atoms with van der Waals surface area (Å²) < 4.78 is 5.08. The van der Waals surface area contributed by atoms with E-state index < -0.39 is 0 Å². The van der Waals surface area contributed by atoms with Crippen molar-refractivity contribution in [1.82, 2.24) is 14.9 Å². The van der Waals surface area contributed by atoms with E-state index in [-0.39, 0.29) is 5.97 Å². The van der Waals surface area contributed by atoms with Crippen LogP contribution in [0, 0.1) is 0 Å². The Kier molecular flexibility index (Phi) is 6.51. The second kappa shape index (κ2) is 8.83. The van der Waals surface area contributed by atoms with Crippen LogP contribution in [-0.2, 0) is 4.74 Å². The Hall–Kier alpha value is -2.67. The standard InChI is InChI=1S/C17H23N5O2/c1-4-24-16(23)13-7-5-6-8-14(13)20-15-9-10-18-17(21-15)19-11-12-22(2)3/h5-10H,4,11-12H2,1-3H3,(H2,18,19,20,21). The molecule has 1 aromatic heterocycles. The van der Waals surface area contributed by atoms with E-state index in [0.717, 1.165) is 13.1 Å². The molecule has 0 radical (unpaired) electrons. The van der Waals surface area contributed by atoms with Gasteiger partial charge in [-0.15, -0.1) is 0 Å². The molecule has 0 saturated carbocycles. The van der Waals surface area contributed by atoms with Crippen molar-refractivity contribution in [2.24, 2.45) is 0 Å². The van der Waals surface area contributed by atoms with Crippen molar-refractivity contribution in [3.8, 4) is 0 Å². The maximum atomic E-state index is 12.0. The second-order valence-corrected chi connectivity index (χ2v) is 5.39. The average molecular weight is 329 g/mol. The highest BCUT2D eigenvalue weighted by molar-refractivity contribution is 5.96. The number of para-hydroxylation sites is 1. The number of hydrogen-bond donors (Lipinski definition) is 2. The molecule has 0 aliphatic rings. The Morgan fingerprint density at radius 3 is 2.79 bits per heavy atom. The number of benzene rings is 1. The molecule has 0 aliphatic heterocycles. The predicted octanol–water partition coefficient (Wildman–Crippen LogP) is 2.37. The van der Waals surface area contributed by atoms with Gasteiger partial charge in [0, 0.05) is 19.3 Å². The molecule has 0 unspecified atom stereocenters. The molecule has 7 nitrogen and oxygen atoms in total. The molecule has 0 atom stereocenters. The highest BCUT2D eigenvalue weighted by atomic mass is 16.5. The number of nitrogens with one attached hydrogen (secondary N) is 2. The maximum absolute atomic E-state index is 12.0. The van der Waals surface area contributed by atoms with Gasteiger partial charge in [0.15, 0.2) is 0 Å². The van der Waals surface area contributed by atoms with Gasteiger partial charge in [-0.1, -0.05) is 12.1 Å². The first-order valence-electron chi connectivity index (χ1n) is 7.85. The molecule has 2 rings (SSSR count). The van der Waals surface area contributed by atoms with Crippen LogP contribution in [0.2, 0.25) is 0 Å². The van der Waals surface area contributed by atoms with E-state index in [1.54, 1.807) is 31.3 Å². The third-order valence-electron chi connectivity index (χ3n) is 3.18. The molecule has 128 valence electrons. The largest absolute Gasteiger partial charge is 0.462 e. The van der Waals surface area contributed by atoms with Gasteiger partial charge in [-0.25, -0.2) is 9.78 Å². The van der Waals surface area contributed by atoms with Crippen LogP contribution in [-0.4, -0.2) is 54.6 Å². The highest BCUT2D eigenvalue weighted by Crippen LogP contribution is 2.20. The average Bonchev–Trinajstić information content (AvgIpc) is 2.55. The lowest BCUT2D eigenvalue weighted by Crippen LogP contribution is -2.21. The van der Waals surface area contributed by atoms with Crippen LogP contribution in [0.4, 0.5) is 17.5 Å². The summed E-state index contributed by atoms with van der Waals surface area (Å²) in [6.45, 7) is 3.74. The van der Waals surface area contributed by atoms with Crippen molar-refractivity contribution in [3.05, 3.63) is 42.1 Å². The van der Waals surface area contributed by atoms with Gasteiger partial charge in [0.25, 0.3) is 0 Å². The van der Waals surface area contributed by atoms with E-state index >= 15 is 0 Å². The third-order valence-corrected chi connectivity index (χ3v) is 3.18. The fraction of sp³-hybridized carbons (Fsp3) is 0.353. The third kappa shape index (κ3) is 5.20. The lowest BCUT2D eigenvalue weighted by molar-refractivity contribution is 0.0527. The Morgan fingerprint density at radius 2 is 2.04 bits per heavy atom. The van der Waals surface area contributed by atoms with Crippen molar-refractivity contribution >= 4 is 23.4 Å². The van der Waals surface area contributed by atoms with E-state index in [4.69, 9.17) is 4.74 Å². The number of anilines is 3. The van der Waals surface area contributed by atoms with Crippen molar-refractivity contribution < 1.29 is 9.53 Å².